The SMILES string of the molecule is CCCCC/C=C\[C@@H]1C[C@@H]1C(=O)NS(=O)(=O)C1CC1.NC(=O)[C@@H]1CCCN1C(=O)CNc1cc(F)cc(C(F)(F)F)c1. The lowest BCUT2D eigenvalue weighted by Gasteiger charge is -2.22. The maximum Gasteiger partial charge on any atom is 0.416 e. The number of benzene rings is 1. The highest BCUT2D eigenvalue weighted by atomic mass is 32.2. The number of nitrogens with two attached hydrogens (primary N) is 1. The molecule has 3 amide bonds. The van der Waals surface area contributed by atoms with Crippen molar-refractivity contribution in [2.75, 3.05) is 18.4 Å². The van der Waals surface area contributed by atoms with Crippen LogP contribution in [0.2, 0.25) is 0 Å². The Morgan fingerprint density at radius 1 is 1.12 bits per heavy atom. The van der Waals surface area contributed by atoms with E-state index < -0.39 is 45.4 Å². The number of carbonyl (C=O) groups excluding carboxylic acids is 3. The molecule has 0 aromatic heterocycles. The van der Waals surface area contributed by atoms with E-state index in [1.165, 1.54) is 24.2 Å². The molecule has 1 aromatic rings. The Morgan fingerprint density at radius 3 is 2.45 bits per heavy atom. The van der Waals surface area contributed by atoms with Gasteiger partial charge in [-0.05, 0) is 69.1 Å². The predicted molar refractivity (Wildman–Crippen MR) is 149 cm³/mol. The maximum absolute atomic E-state index is 13.3. The first-order valence-corrected chi connectivity index (χ1v) is 15.7. The third-order valence-corrected chi connectivity index (χ3v) is 9.15. The molecule has 3 aliphatic rings. The van der Waals surface area contributed by atoms with E-state index >= 15 is 0 Å². The second kappa shape index (κ2) is 14.3. The molecule has 234 valence electrons. The van der Waals surface area contributed by atoms with E-state index in [2.05, 4.69) is 29.1 Å². The van der Waals surface area contributed by atoms with Crippen LogP contribution in [-0.2, 0) is 30.6 Å². The number of hydrogen-bond donors (Lipinski definition) is 3. The number of primary amides is 1. The smallest absolute Gasteiger partial charge is 0.376 e. The van der Waals surface area contributed by atoms with Gasteiger partial charge < -0.3 is 16.0 Å². The first kappa shape index (κ1) is 33.3. The minimum atomic E-state index is -4.69. The van der Waals surface area contributed by atoms with Crippen LogP contribution in [0.1, 0.15) is 70.3 Å². The molecule has 0 bridgehead atoms. The number of rotatable bonds is 12. The molecule has 42 heavy (non-hydrogen) atoms. The molecule has 0 spiro atoms. The molecule has 3 fully saturated rings. The number of amides is 3. The van der Waals surface area contributed by atoms with Gasteiger partial charge in [0.25, 0.3) is 0 Å². The standard InChI is InChI=1S/C14H15F4N3O2.C14H23NO3S/c15-9-4-8(14(16,17)18)5-10(6-9)20-7-12(22)21-3-1-2-11(21)13(19)23;1-2-3-4-5-6-7-11-10-13(11)14(16)15-19(17,18)12-8-9-12/h4-6,11,20H,1-3,7H2,(H2,19,23);6-7,11-13H,2-5,8-10H2,1H3,(H,15,16)/b;7-6-/t11-;11-,13+/m01/s1. The Balaban J connectivity index is 0.000000235. The first-order chi connectivity index (χ1) is 19.7. The molecule has 1 aromatic carbocycles. The average molecular weight is 619 g/mol. The van der Waals surface area contributed by atoms with Gasteiger partial charge in [-0.2, -0.15) is 13.2 Å². The van der Waals surface area contributed by atoms with E-state index in [4.69, 9.17) is 5.73 Å². The van der Waals surface area contributed by atoms with Gasteiger partial charge in [-0.1, -0.05) is 31.9 Å². The number of nitrogens with zero attached hydrogens (tertiary/aromatic N) is 1. The summed E-state index contributed by atoms with van der Waals surface area (Å²) in [6.07, 6.45) is 7.45. The van der Waals surface area contributed by atoms with Gasteiger partial charge in [-0.25, -0.2) is 12.8 Å². The van der Waals surface area contributed by atoms with Crippen molar-refractivity contribution < 1.29 is 40.4 Å². The van der Waals surface area contributed by atoms with E-state index in [1.807, 2.05) is 0 Å². The minimum absolute atomic E-state index is 0.129. The van der Waals surface area contributed by atoms with Gasteiger partial charge in [0.05, 0.1) is 17.4 Å². The summed E-state index contributed by atoms with van der Waals surface area (Å²) >= 11 is 0. The minimum Gasteiger partial charge on any atom is -0.376 e. The summed E-state index contributed by atoms with van der Waals surface area (Å²) in [5, 5.41) is 2.13. The van der Waals surface area contributed by atoms with Crippen LogP contribution < -0.4 is 15.8 Å². The van der Waals surface area contributed by atoms with E-state index in [0.717, 1.165) is 18.9 Å². The van der Waals surface area contributed by atoms with Crippen molar-refractivity contribution in [3.05, 3.63) is 41.7 Å². The number of nitrogens with one attached hydrogen (secondary N) is 2. The van der Waals surface area contributed by atoms with Crippen molar-refractivity contribution >= 4 is 33.4 Å². The number of unbranched alkanes of at least 4 members (excludes halogenated alkanes) is 3. The Bertz CT molecular complexity index is 1270. The molecule has 1 heterocycles. The lowest BCUT2D eigenvalue weighted by atomic mass is 10.2. The summed E-state index contributed by atoms with van der Waals surface area (Å²) in [6.45, 7) is 2.17. The van der Waals surface area contributed by atoms with Crippen molar-refractivity contribution in [1.82, 2.24) is 9.62 Å². The molecule has 4 rings (SSSR count). The van der Waals surface area contributed by atoms with Gasteiger partial charge in [-0.15, -0.1) is 0 Å². The zero-order chi connectivity index (χ0) is 31.1. The van der Waals surface area contributed by atoms with E-state index in [-0.39, 0.29) is 35.2 Å². The molecule has 9 nitrogen and oxygen atoms in total. The fraction of sp³-hybridized carbons (Fsp3) is 0.607. The predicted octanol–water partition coefficient (Wildman–Crippen LogP) is 4.10. The third kappa shape index (κ3) is 9.99. The lowest BCUT2D eigenvalue weighted by molar-refractivity contribution is -0.137. The normalized spacial score (nSPS) is 21.9. The second-order valence-corrected chi connectivity index (χ2v) is 12.8. The number of alkyl halides is 3. The Morgan fingerprint density at radius 2 is 1.83 bits per heavy atom. The van der Waals surface area contributed by atoms with E-state index in [0.29, 0.717) is 44.4 Å². The lowest BCUT2D eigenvalue weighted by Crippen LogP contribution is -2.45. The summed E-state index contributed by atoms with van der Waals surface area (Å²) < 4.78 is 76.6. The molecule has 1 saturated heterocycles. The van der Waals surface area contributed by atoms with Gasteiger partial charge in [0.15, 0.2) is 0 Å². The highest BCUT2D eigenvalue weighted by molar-refractivity contribution is 7.90. The monoisotopic (exact) mass is 618 g/mol. The van der Waals surface area contributed by atoms with Gasteiger partial charge >= 0.3 is 6.18 Å². The summed E-state index contributed by atoms with van der Waals surface area (Å²) in [5.41, 5.74) is 3.88. The molecule has 0 unspecified atom stereocenters. The maximum atomic E-state index is 13.3. The quantitative estimate of drug-likeness (QED) is 0.183. The molecule has 1 aliphatic heterocycles. The number of halogens is 4. The van der Waals surface area contributed by atoms with Crippen molar-refractivity contribution in [2.24, 2.45) is 17.6 Å². The second-order valence-electron chi connectivity index (χ2n) is 10.9. The van der Waals surface area contributed by atoms with E-state index in [1.54, 1.807) is 0 Å². The zero-order valence-electron chi connectivity index (χ0n) is 23.5. The number of likely N-dealkylation sites (tertiary alicyclic amines) is 1. The van der Waals surface area contributed by atoms with Gasteiger partial charge in [-0.3, -0.25) is 19.1 Å². The highest BCUT2D eigenvalue weighted by Gasteiger charge is 2.45. The summed E-state index contributed by atoms with van der Waals surface area (Å²) in [5.74, 6) is -2.36. The van der Waals surface area contributed by atoms with Crippen LogP contribution in [0, 0.1) is 17.7 Å². The molecule has 2 aliphatic carbocycles. The largest absolute Gasteiger partial charge is 0.416 e. The molecule has 3 atom stereocenters. The summed E-state index contributed by atoms with van der Waals surface area (Å²) in [7, 11) is -3.37. The Kier molecular flexibility index (Phi) is 11.4. The van der Waals surface area contributed by atoms with Crippen LogP contribution in [-0.4, -0.2) is 55.4 Å². The van der Waals surface area contributed by atoms with Crippen molar-refractivity contribution in [1.29, 1.82) is 0 Å². The molecule has 14 heteroatoms. The number of anilines is 1. The van der Waals surface area contributed by atoms with Gasteiger partial charge in [0.1, 0.15) is 11.9 Å². The van der Waals surface area contributed by atoms with Crippen LogP contribution in [0.15, 0.2) is 30.4 Å². The summed E-state index contributed by atoms with van der Waals surface area (Å²) in [6, 6.07) is 1.24. The van der Waals surface area contributed by atoms with Gasteiger partial charge in [0.2, 0.25) is 27.7 Å². The number of sulfonamides is 1. The molecule has 0 radical (unpaired) electrons. The highest BCUT2D eigenvalue weighted by Crippen LogP contribution is 2.40. The fourth-order valence-electron chi connectivity index (χ4n) is 4.69. The van der Waals surface area contributed by atoms with Crippen LogP contribution in [0.4, 0.5) is 23.2 Å². The molecule has 2 saturated carbocycles. The van der Waals surface area contributed by atoms with E-state index in [9.17, 15) is 40.4 Å². The van der Waals surface area contributed by atoms with Crippen LogP contribution >= 0.6 is 0 Å². The van der Waals surface area contributed by atoms with Gasteiger partial charge in [0, 0.05) is 18.2 Å². The first-order valence-electron chi connectivity index (χ1n) is 14.2. The topological polar surface area (TPSA) is 139 Å². The van der Waals surface area contributed by atoms with Crippen molar-refractivity contribution in [3.8, 4) is 0 Å². The summed E-state index contributed by atoms with van der Waals surface area (Å²) in [4.78, 5) is 36.3. The zero-order valence-corrected chi connectivity index (χ0v) is 24.3. The number of carbonyl (C=O) groups is 3. The van der Waals surface area contributed by atoms with Crippen LogP contribution in [0.25, 0.3) is 0 Å². The Hall–Kier alpha value is -3.16. The van der Waals surface area contributed by atoms with Crippen LogP contribution in [0.3, 0.4) is 0 Å². The average Bonchev–Trinajstić information content (AvgIpc) is 3.83. The van der Waals surface area contributed by atoms with Crippen molar-refractivity contribution in [2.45, 2.75) is 82.2 Å². The molecule has 4 N–H and O–H groups in total. The molecular weight excluding hydrogens is 580 g/mol. The van der Waals surface area contributed by atoms with Crippen molar-refractivity contribution in [3.63, 3.8) is 0 Å². The fourth-order valence-corrected chi connectivity index (χ4v) is 6.04. The third-order valence-electron chi connectivity index (χ3n) is 7.31. The number of hydrogen-bond acceptors (Lipinski definition) is 6. The van der Waals surface area contributed by atoms with Crippen LogP contribution in [0.5, 0.6) is 0 Å². The molecular formula is C28H38F4N4O5S. The number of allylic oxidation sites excluding steroid dienone is 2. The Labute approximate surface area is 243 Å².